The molecule has 8 heteroatoms. The first-order valence-electron chi connectivity index (χ1n) is 6.07. The number of aliphatic carboxylic acids is 1. The van der Waals surface area contributed by atoms with Crippen LogP contribution in [0.15, 0.2) is 12.2 Å². The lowest BCUT2D eigenvalue weighted by Crippen LogP contribution is -2.40. The van der Waals surface area contributed by atoms with Crippen LogP contribution in [0, 0.1) is 5.92 Å². The first-order valence-corrected chi connectivity index (χ1v) is 6.07. The van der Waals surface area contributed by atoms with Crippen molar-refractivity contribution in [2.75, 3.05) is 13.1 Å². The van der Waals surface area contributed by atoms with Crippen LogP contribution >= 0.6 is 0 Å². The van der Waals surface area contributed by atoms with Crippen molar-refractivity contribution in [2.45, 2.75) is 20.3 Å². The van der Waals surface area contributed by atoms with Gasteiger partial charge in [-0.15, -0.1) is 0 Å². The first kappa shape index (κ1) is 17.6. The van der Waals surface area contributed by atoms with Crippen molar-refractivity contribution in [2.24, 2.45) is 5.92 Å². The summed E-state index contributed by atoms with van der Waals surface area (Å²) in [4.78, 5) is 43.7. The molecule has 0 saturated carbocycles. The number of rotatable bonds is 7. The third-order valence-corrected chi connectivity index (χ3v) is 1.96. The number of nitrogens with one attached hydrogen (secondary N) is 3. The van der Waals surface area contributed by atoms with Gasteiger partial charge in [0.1, 0.15) is 0 Å². The van der Waals surface area contributed by atoms with E-state index in [-0.39, 0.29) is 18.9 Å². The van der Waals surface area contributed by atoms with E-state index < -0.39 is 17.9 Å². The molecule has 0 bridgehead atoms. The quantitative estimate of drug-likeness (QED) is 0.474. The number of carbonyl (C=O) groups is 4. The van der Waals surface area contributed by atoms with Crippen LogP contribution in [0.4, 0.5) is 4.79 Å². The summed E-state index contributed by atoms with van der Waals surface area (Å²) in [7, 11) is 0. The van der Waals surface area contributed by atoms with Crippen molar-refractivity contribution in [3.63, 3.8) is 0 Å². The Hall–Kier alpha value is -2.38. The fourth-order valence-corrected chi connectivity index (χ4v) is 1.04. The summed E-state index contributed by atoms with van der Waals surface area (Å²) in [5.41, 5.74) is 0. The molecule has 0 aromatic carbocycles. The molecule has 0 aliphatic heterocycles. The highest BCUT2D eigenvalue weighted by Crippen LogP contribution is 1.88. The van der Waals surface area contributed by atoms with Gasteiger partial charge in [0.2, 0.25) is 5.91 Å². The van der Waals surface area contributed by atoms with E-state index in [1.165, 1.54) is 0 Å². The highest BCUT2D eigenvalue weighted by Gasteiger charge is 2.06. The molecule has 0 spiro atoms. The fourth-order valence-electron chi connectivity index (χ4n) is 1.04. The lowest BCUT2D eigenvalue weighted by molar-refractivity contribution is -0.131. The summed E-state index contributed by atoms with van der Waals surface area (Å²) in [6, 6.07) is -0.790. The average Bonchev–Trinajstić information content (AvgIpc) is 2.33. The first-order chi connectivity index (χ1) is 9.31. The molecule has 0 radical (unpaired) electrons. The van der Waals surface area contributed by atoms with Crippen LogP contribution in [0.5, 0.6) is 0 Å². The van der Waals surface area contributed by atoms with Crippen LogP contribution < -0.4 is 16.0 Å². The van der Waals surface area contributed by atoms with Gasteiger partial charge in [0.25, 0.3) is 5.91 Å². The van der Waals surface area contributed by atoms with E-state index in [4.69, 9.17) is 5.11 Å². The van der Waals surface area contributed by atoms with E-state index in [1.807, 2.05) is 19.2 Å². The molecule has 0 aromatic heterocycles. The Labute approximate surface area is 116 Å². The van der Waals surface area contributed by atoms with Gasteiger partial charge in [-0.2, -0.15) is 0 Å². The van der Waals surface area contributed by atoms with E-state index >= 15 is 0 Å². The van der Waals surface area contributed by atoms with Gasteiger partial charge < -0.3 is 15.7 Å². The molecule has 0 aliphatic carbocycles. The maximum Gasteiger partial charge on any atom is 0.328 e. The second kappa shape index (κ2) is 9.54. The summed E-state index contributed by atoms with van der Waals surface area (Å²) in [6.45, 7) is 4.56. The molecular formula is C12H19N3O5. The third-order valence-electron chi connectivity index (χ3n) is 1.96. The van der Waals surface area contributed by atoms with E-state index in [2.05, 4.69) is 10.6 Å². The topological polar surface area (TPSA) is 125 Å². The summed E-state index contributed by atoms with van der Waals surface area (Å²) < 4.78 is 0. The fraction of sp³-hybridized carbons (Fsp3) is 0.500. The minimum Gasteiger partial charge on any atom is -0.478 e. The second-order valence-electron chi connectivity index (χ2n) is 4.36. The summed E-state index contributed by atoms with van der Waals surface area (Å²) >= 11 is 0. The number of carbonyl (C=O) groups excluding carboxylic acids is 3. The van der Waals surface area contributed by atoms with Crippen molar-refractivity contribution in [3.05, 3.63) is 12.2 Å². The normalized spacial score (nSPS) is 10.3. The minimum atomic E-state index is -1.29. The van der Waals surface area contributed by atoms with Gasteiger partial charge in [0, 0.05) is 31.7 Å². The van der Waals surface area contributed by atoms with E-state index in [0.717, 1.165) is 6.08 Å². The molecule has 0 saturated heterocycles. The summed E-state index contributed by atoms with van der Waals surface area (Å²) in [5, 5.41) is 15.1. The Morgan fingerprint density at radius 3 is 2.30 bits per heavy atom. The Morgan fingerprint density at radius 2 is 1.75 bits per heavy atom. The van der Waals surface area contributed by atoms with Gasteiger partial charge >= 0.3 is 12.0 Å². The molecule has 0 aliphatic rings. The van der Waals surface area contributed by atoms with E-state index in [9.17, 15) is 19.2 Å². The van der Waals surface area contributed by atoms with Crippen LogP contribution in [0.2, 0.25) is 0 Å². The number of carboxylic acid groups (broad SMARTS) is 1. The predicted octanol–water partition coefficient (Wildman–Crippen LogP) is -0.385. The molecule has 0 unspecified atom stereocenters. The van der Waals surface area contributed by atoms with Gasteiger partial charge in [-0.25, -0.2) is 9.59 Å². The number of urea groups is 1. The zero-order chi connectivity index (χ0) is 15.5. The maximum atomic E-state index is 11.3. The highest BCUT2D eigenvalue weighted by molar-refractivity contribution is 6.02. The Balaban J connectivity index is 3.81. The highest BCUT2D eigenvalue weighted by atomic mass is 16.4. The molecule has 0 atom stereocenters. The average molecular weight is 285 g/mol. The molecule has 0 rings (SSSR count). The molecule has 8 nitrogen and oxygen atoms in total. The van der Waals surface area contributed by atoms with Crippen molar-refractivity contribution in [1.82, 2.24) is 16.0 Å². The molecule has 112 valence electrons. The molecule has 0 fully saturated rings. The van der Waals surface area contributed by atoms with Crippen LogP contribution in [-0.2, 0) is 14.4 Å². The minimum absolute atomic E-state index is 0.0751. The summed E-state index contributed by atoms with van der Waals surface area (Å²) in [5.74, 6) is -2.00. The van der Waals surface area contributed by atoms with Crippen LogP contribution in [0.3, 0.4) is 0 Å². The van der Waals surface area contributed by atoms with Crippen LogP contribution in [-0.4, -0.2) is 42.0 Å². The molecule has 4 N–H and O–H groups in total. The standard InChI is InChI=1S/C12H19N3O5/c1-8(2)7-14-9(16)5-6-13-12(20)15-10(17)3-4-11(18)19/h3-4,8H,5-7H2,1-2H3,(H,14,16)(H,18,19)(H2,13,15,17,20)/b4-3+. The number of hydrogen-bond acceptors (Lipinski definition) is 4. The molecule has 0 heterocycles. The van der Waals surface area contributed by atoms with E-state index in [0.29, 0.717) is 18.5 Å². The largest absolute Gasteiger partial charge is 0.478 e. The number of hydrogen-bond donors (Lipinski definition) is 4. The summed E-state index contributed by atoms with van der Waals surface area (Å²) in [6.07, 6.45) is 1.43. The van der Waals surface area contributed by atoms with Gasteiger partial charge in [-0.05, 0) is 5.92 Å². The smallest absolute Gasteiger partial charge is 0.328 e. The third kappa shape index (κ3) is 10.8. The van der Waals surface area contributed by atoms with Crippen molar-refractivity contribution < 1.29 is 24.3 Å². The zero-order valence-electron chi connectivity index (χ0n) is 11.4. The van der Waals surface area contributed by atoms with Crippen molar-refractivity contribution in [3.8, 4) is 0 Å². The molecule has 20 heavy (non-hydrogen) atoms. The molecular weight excluding hydrogens is 266 g/mol. The zero-order valence-corrected chi connectivity index (χ0v) is 11.4. The van der Waals surface area contributed by atoms with E-state index in [1.54, 1.807) is 0 Å². The Kier molecular flexibility index (Phi) is 8.40. The second-order valence-corrected chi connectivity index (χ2v) is 4.36. The lowest BCUT2D eigenvalue weighted by atomic mass is 10.2. The monoisotopic (exact) mass is 285 g/mol. The molecule has 0 aromatic rings. The number of imide groups is 1. The van der Waals surface area contributed by atoms with Gasteiger partial charge in [-0.1, -0.05) is 13.8 Å². The van der Waals surface area contributed by atoms with Crippen molar-refractivity contribution >= 4 is 23.8 Å². The predicted molar refractivity (Wildman–Crippen MR) is 70.8 cm³/mol. The SMILES string of the molecule is CC(C)CNC(=O)CCNC(=O)NC(=O)/C=C/C(=O)O. The Bertz CT molecular complexity index is 404. The lowest BCUT2D eigenvalue weighted by Gasteiger charge is -2.08. The van der Waals surface area contributed by atoms with Crippen LogP contribution in [0.25, 0.3) is 0 Å². The maximum absolute atomic E-state index is 11.3. The van der Waals surface area contributed by atoms with Gasteiger partial charge in [0.15, 0.2) is 0 Å². The van der Waals surface area contributed by atoms with Crippen LogP contribution in [0.1, 0.15) is 20.3 Å². The Morgan fingerprint density at radius 1 is 1.10 bits per heavy atom. The number of carboxylic acids is 1. The van der Waals surface area contributed by atoms with Crippen molar-refractivity contribution in [1.29, 1.82) is 0 Å². The van der Waals surface area contributed by atoms with Gasteiger partial charge in [-0.3, -0.25) is 14.9 Å². The van der Waals surface area contributed by atoms with Gasteiger partial charge in [0.05, 0.1) is 0 Å². The molecule has 4 amide bonds. The number of amides is 4.